The van der Waals surface area contributed by atoms with Crippen molar-refractivity contribution in [1.29, 1.82) is 0 Å². The molecule has 1 aliphatic rings. The van der Waals surface area contributed by atoms with Gasteiger partial charge in [0.2, 0.25) is 0 Å². The Hall–Kier alpha value is -3.08. The molecule has 1 N–H and O–H groups in total. The van der Waals surface area contributed by atoms with Gasteiger partial charge in [-0.05, 0) is 43.2 Å². The molecule has 138 valence electrons. The number of rotatable bonds is 4. The number of ether oxygens (including phenoxy) is 1. The van der Waals surface area contributed by atoms with Gasteiger partial charge in [0.1, 0.15) is 22.8 Å². The third kappa shape index (κ3) is 2.99. The van der Waals surface area contributed by atoms with Gasteiger partial charge >= 0.3 is 0 Å². The van der Waals surface area contributed by atoms with Crippen LogP contribution in [0.15, 0.2) is 53.1 Å². The summed E-state index contributed by atoms with van der Waals surface area (Å²) in [6.07, 6.45) is 1.97. The first-order valence-electron chi connectivity index (χ1n) is 9.17. The van der Waals surface area contributed by atoms with Crippen molar-refractivity contribution in [1.82, 2.24) is 5.16 Å². The summed E-state index contributed by atoms with van der Waals surface area (Å²) in [4.78, 5) is 12.7. The van der Waals surface area contributed by atoms with Gasteiger partial charge in [-0.25, -0.2) is 0 Å². The third-order valence-corrected chi connectivity index (χ3v) is 5.35. The zero-order valence-electron chi connectivity index (χ0n) is 15.4. The number of hydrogen-bond acceptors (Lipinski definition) is 5. The van der Waals surface area contributed by atoms with Crippen LogP contribution < -0.4 is 4.74 Å². The Morgan fingerprint density at radius 3 is 2.59 bits per heavy atom. The molecular formula is C22H21NO4. The highest BCUT2D eigenvalue weighted by molar-refractivity contribution is 6.01. The number of aromatic hydroxyl groups is 1. The second kappa shape index (κ2) is 6.58. The van der Waals surface area contributed by atoms with Crippen molar-refractivity contribution in [2.24, 2.45) is 0 Å². The number of carbonyl (C=O) groups excluding carboxylic acids is 1. The lowest BCUT2D eigenvalue weighted by Crippen LogP contribution is -2.40. The molecule has 0 aliphatic carbocycles. The Kier molecular flexibility index (Phi) is 4.22. The highest BCUT2D eigenvalue weighted by Gasteiger charge is 2.37. The summed E-state index contributed by atoms with van der Waals surface area (Å²) in [6.45, 7) is 4.09. The summed E-state index contributed by atoms with van der Waals surface area (Å²) in [5, 5.41) is 14.0. The van der Waals surface area contributed by atoms with E-state index in [0.717, 1.165) is 18.4 Å². The molecule has 0 saturated carbocycles. The number of Topliss-reactive ketones (excluding diaryl/α,β-unsaturated/α-hetero) is 1. The lowest BCUT2D eigenvalue weighted by molar-refractivity contribution is 0.0350. The maximum Gasteiger partial charge on any atom is 0.170 e. The molecule has 5 heteroatoms. The summed E-state index contributed by atoms with van der Waals surface area (Å²) in [7, 11) is 0. The molecule has 2 aromatic carbocycles. The van der Waals surface area contributed by atoms with Crippen molar-refractivity contribution in [3.05, 3.63) is 54.1 Å². The van der Waals surface area contributed by atoms with E-state index in [1.54, 1.807) is 30.3 Å². The van der Waals surface area contributed by atoms with E-state index in [0.29, 0.717) is 34.8 Å². The molecule has 5 nitrogen and oxygen atoms in total. The van der Waals surface area contributed by atoms with Crippen molar-refractivity contribution in [2.45, 2.75) is 38.7 Å². The molecule has 0 saturated heterocycles. The summed E-state index contributed by atoms with van der Waals surface area (Å²) >= 11 is 0. The maximum atomic E-state index is 12.7. The Morgan fingerprint density at radius 2 is 1.85 bits per heavy atom. The van der Waals surface area contributed by atoms with Gasteiger partial charge in [0.25, 0.3) is 0 Å². The minimum atomic E-state index is -0.407. The van der Waals surface area contributed by atoms with Crippen LogP contribution >= 0.6 is 0 Å². The molecule has 1 aliphatic heterocycles. The molecule has 1 aromatic heterocycles. The number of aromatic nitrogens is 1. The number of para-hydroxylation sites is 1. The molecule has 0 fully saturated rings. The van der Waals surface area contributed by atoms with Gasteiger partial charge in [0.05, 0.1) is 12.0 Å². The molecule has 4 rings (SSSR count). The molecular weight excluding hydrogens is 342 g/mol. The zero-order chi connectivity index (χ0) is 19.0. The van der Waals surface area contributed by atoms with Gasteiger partial charge in [-0.2, -0.15) is 0 Å². The van der Waals surface area contributed by atoms with Crippen LogP contribution in [0, 0.1) is 0 Å². The second-order valence-electron chi connectivity index (χ2n) is 6.90. The predicted octanol–water partition coefficient (Wildman–Crippen LogP) is 5.24. The molecule has 0 amide bonds. The lowest BCUT2D eigenvalue weighted by Gasteiger charge is -2.36. The van der Waals surface area contributed by atoms with Gasteiger partial charge in [-0.15, -0.1) is 0 Å². The average molecular weight is 363 g/mol. The zero-order valence-corrected chi connectivity index (χ0v) is 15.4. The van der Waals surface area contributed by atoms with Gasteiger partial charge < -0.3 is 14.4 Å². The summed E-state index contributed by atoms with van der Waals surface area (Å²) in [5.74, 6) is 1.38. The van der Waals surface area contributed by atoms with Crippen molar-refractivity contribution in [2.75, 3.05) is 0 Å². The molecule has 0 radical (unpaired) electrons. The van der Waals surface area contributed by atoms with E-state index in [-0.39, 0.29) is 11.5 Å². The van der Waals surface area contributed by atoms with Gasteiger partial charge in [-0.1, -0.05) is 31.1 Å². The van der Waals surface area contributed by atoms with E-state index in [1.165, 1.54) is 0 Å². The molecule has 2 heterocycles. The number of benzene rings is 2. The fraction of sp³-hybridized carbons (Fsp3) is 0.273. The van der Waals surface area contributed by atoms with Crippen LogP contribution in [0.1, 0.15) is 43.5 Å². The van der Waals surface area contributed by atoms with Crippen molar-refractivity contribution < 1.29 is 19.2 Å². The van der Waals surface area contributed by atoms with Crippen LogP contribution in [0.4, 0.5) is 0 Å². The first-order valence-corrected chi connectivity index (χ1v) is 9.17. The SMILES string of the molecule is CCC1(CC)CC(=O)c2cc(-c3cc(-c4ccccc4O)no3)ccc2O1. The number of fused-ring (bicyclic) bond motifs is 1. The summed E-state index contributed by atoms with van der Waals surface area (Å²) in [6, 6.07) is 14.2. The average Bonchev–Trinajstić information content (AvgIpc) is 3.18. The fourth-order valence-corrected chi connectivity index (χ4v) is 3.52. The van der Waals surface area contributed by atoms with Crippen LogP contribution in [0.2, 0.25) is 0 Å². The van der Waals surface area contributed by atoms with E-state index in [2.05, 4.69) is 5.16 Å². The summed E-state index contributed by atoms with van der Waals surface area (Å²) in [5.41, 5.74) is 2.06. The number of hydrogen-bond donors (Lipinski definition) is 1. The van der Waals surface area contributed by atoms with E-state index < -0.39 is 5.60 Å². The van der Waals surface area contributed by atoms with Gasteiger partial charge in [0.15, 0.2) is 11.5 Å². The number of nitrogens with zero attached hydrogens (tertiary/aromatic N) is 1. The Balaban J connectivity index is 1.69. The lowest BCUT2D eigenvalue weighted by atomic mass is 9.85. The molecule has 0 atom stereocenters. The highest BCUT2D eigenvalue weighted by atomic mass is 16.5. The number of phenols is 1. The number of phenolic OH excluding ortho intramolecular Hbond substituents is 1. The minimum absolute atomic E-state index is 0.0854. The van der Waals surface area contributed by atoms with E-state index >= 15 is 0 Å². The normalized spacial score (nSPS) is 15.3. The summed E-state index contributed by atoms with van der Waals surface area (Å²) < 4.78 is 11.6. The first kappa shape index (κ1) is 17.3. The predicted molar refractivity (Wildman–Crippen MR) is 102 cm³/mol. The quantitative estimate of drug-likeness (QED) is 0.686. The Bertz CT molecular complexity index is 1000. The van der Waals surface area contributed by atoms with Gasteiger partial charge in [0, 0.05) is 17.2 Å². The largest absolute Gasteiger partial charge is 0.507 e. The van der Waals surface area contributed by atoms with Crippen molar-refractivity contribution >= 4 is 5.78 Å². The standard InChI is InChI=1S/C22H21NO4/c1-3-22(4-2)13-19(25)16-11-14(9-10-20(16)26-22)21-12-17(23-27-21)15-7-5-6-8-18(15)24/h5-12,24H,3-4,13H2,1-2H3. The molecule has 27 heavy (non-hydrogen) atoms. The smallest absolute Gasteiger partial charge is 0.170 e. The molecule has 0 bridgehead atoms. The van der Waals surface area contributed by atoms with Crippen LogP contribution in [-0.2, 0) is 0 Å². The third-order valence-electron chi connectivity index (χ3n) is 5.35. The Morgan fingerprint density at radius 1 is 1.07 bits per heavy atom. The van der Waals surface area contributed by atoms with Gasteiger partial charge in [-0.3, -0.25) is 4.79 Å². The van der Waals surface area contributed by atoms with E-state index in [4.69, 9.17) is 9.26 Å². The monoisotopic (exact) mass is 363 g/mol. The van der Waals surface area contributed by atoms with Crippen LogP contribution in [0.25, 0.3) is 22.6 Å². The second-order valence-corrected chi connectivity index (χ2v) is 6.90. The molecule has 0 spiro atoms. The van der Waals surface area contributed by atoms with Crippen molar-refractivity contribution in [3.8, 4) is 34.1 Å². The first-order chi connectivity index (χ1) is 13.0. The topological polar surface area (TPSA) is 72.6 Å². The van der Waals surface area contributed by atoms with Crippen LogP contribution in [0.5, 0.6) is 11.5 Å². The van der Waals surface area contributed by atoms with Crippen LogP contribution in [0.3, 0.4) is 0 Å². The number of ketones is 1. The van der Waals surface area contributed by atoms with E-state index in [9.17, 15) is 9.90 Å². The highest BCUT2D eigenvalue weighted by Crippen LogP contribution is 2.39. The minimum Gasteiger partial charge on any atom is -0.507 e. The maximum absolute atomic E-state index is 12.7. The number of carbonyl (C=O) groups is 1. The molecule has 3 aromatic rings. The Labute approximate surface area is 157 Å². The fourth-order valence-electron chi connectivity index (χ4n) is 3.52. The van der Waals surface area contributed by atoms with Crippen LogP contribution in [-0.4, -0.2) is 21.6 Å². The van der Waals surface area contributed by atoms with Crippen molar-refractivity contribution in [3.63, 3.8) is 0 Å². The molecule has 0 unspecified atom stereocenters. The van der Waals surface area contributed by atoms with E-state index in [1.807, 2.05) is 32.0 Å².